The van der Waals surface area contributed by atoms with Crippen LogP contribution >= 0.6 is 11.6 Å². The standard InChI is InChI=1S/C15H21ClN2O2/c1-11-9-18(10-12(2)20-11)7-6-15(19)17-14-5-3-4-13(16)8-14/h3-5,8,11-12H,6-7,9-10H2,1-2H3,(H,17,19)/t11-,12-/m1/s1. The third-order valence-corrected chi connectivity index (χ3v) is 3.49. The number of ether oxygens (including phenoxy) is 1. The lowest BCUT2D eigenvalue weighted by atomic mass is 10.2. The number of carbonyl (C=O) groups is 1. The summed E-state index contributed by atoms with van der Waals surface area (Å²) in [4.78, 5) is 14.2. The van der Waals surface area contributed by atoms with Gasteiger partial charge in [-0.15, -0.1) is 0 Å². The van der Waals surface area contributed by atoms with Crippen molar-refractivity contribution in [2.45, 2.75) is 32.5 Å². The van der Waals surface area contributed by atoms with Gasteiger partial charge in [0.25, 0.3) is 0 Å². The number of rotatable bonds is 4. The first-order chi connectivity index (χ1) is 9.52. The average molecular weight is 297 g/mol. The van der Waals surface area contributed by atoms with Gasteiger partial charge in [-0.1, -0.05) is 17.7 Å². The molecule has 0 saturated carbocycles. The first kappa shape index (κ1) is 15.3. The van der Waals surface area contributed by atoms with Gasteiger partial charge < -0.3 is 10.1 Å². The van der Waals surface area contributed by atoms with Crippen LogP contribution in [-0.2, 0) is 9.53 Å². The third-order valence-electron chi connectivity index (χ3n) is 3.26. The van der Waals surface area contributed by atoms with E-state index in [0.717, 1.165) is 25.3 Å². The van der Waals surface area contributed by atoms with E-state index in [0.29, 0.717) is 11.4 Å². The van der Waals surface area contributed by atoms with Gasteiger partial charge in [-0.3, -0.25) is 9.69 Å². The summed E-state index contributed by atoms with van der Waals surface area (Å²) in [7, 11) is 0. The number of nitrogens with zero attached hydrogens (tertiary/aromatic N) is 1. The normalized spacial score (nSPS) is 23.6. The van der Waals surface area contributed by atoms with Crippen molar-refractivity contribution in [2.24, 2.45) is 0 Å². The van der Waals surface area contributed by atoms with Crippen LogP contribution < -0.4 is 5.32 Å². The molecule has 5 heteroatoms. The van der Waals surface area contributed by atoms with Crippen molar-refractivity contribution in [3.8, 4) is 0 Å². The summed E-state index contributed by atoms with van der Waals surface area (Å²) in [6, 6.07) is 7.19. The molecule has 2 rings (SSSR count). The van der Waals surface area contributed by atoms with Crippen molar-refractivity contribution >= 4 is 23.2 Å². The molecule has 1 N–H and O–H groups in total. The van der Waals surface area contributed by atoms with Crippen LogP contribution in [0.2, 0.25) is 5.02 Å². The second-order valence-corrected chi connectivity index (χ2v) is 5.76. The fourth-order valence-electron chi connectivity index (χ4n) is 2.52. The second-order valence-electron chi connectivity index (χ2n) is 5.33. The van der Waals surface area contributed by atoms with E-state index in [4.69, 9.17) is 16.3 Å². The molecule has 0 spiro atoms. The van der Waals surface area contributed by atoms with Crippen LogP contribution in [0.5, 0.6) is 0 Å². The Morgan fingerprint density at radius 3 is 2.75 bits per heavy atom. The minimum Gasteiger partial charge on any atom is -0.373 e. The Hall–Kier alpha value is -1.10. The van der Waals surface area contributed by atoms with Crippen LogP contribution in [0.4, 0.5) is 5.69 Å². The maximum atomic E-state index is 11.9. The number of benzene rings is 1. The molecule has 1 aliphatic rings. The van der Waals surface area contributed by atoms with E-state index in [1.54, 1.807) is 12.1 Å². The molecule has 1 amide bonds. The van der Waals surface area contributed by atoms with E-state index in [1.807, 2.05) is 12.1 Å². The zero-order chi connectivity index (χ0) is 14.5. The third kappa shape index (κ3) is 4.78. The molecule has 1 aliphatic heterocycles. The van der Waals surface area contributed by atoms with Crippen molar-refractivity contribution in [1.82, 2.24) is 4.90 Å². The Labute approximate surface area is 125 Å². The van der Waals surface area contributed by atoms with E-state index in [9.17, 15) is 4.79 Å². The molecular formula is C15H21ClN2O2. The lowest BCUT2D eigenvalue weighted by molar-refractivity contribution is -0.117. The molecule has 0 unspecified atom stereocenters. The van der Waals surface area contributed by atoms with Crippen LogP contribution in [-0.4, -0.2) is 42.6 Å². The van der Waals surface area contributed by atoms with Gasteiger partial charge in [0, 0.05) is 36.8 Å². The van der Waals surface area contributed by atoms with Crippen LogP contribution in [0.15, 0.2) is 24.3 Å². The van der Waals surface area contributed by atoms with Gasteiger partial charge in [0.15, 0.2) is 0 Å². The number of nitrogens with one attached hydrogen (secondary N) is 1. The molecule has 1 saturated heterocycles. The summed E-state index contributed by atoms with van der Waals surface area (Å²) in [5, 5.41) is 3.49. The maximum absolute atomic E-state index is 11.9. The van der Waals surface area contributed by atoms with E-state index < -0.39 is 0 Å². The quantitative estimate of drug-likeness (QED) is 0.929. The summed E-state index contributed by atoms with van der Waals surface area (Å²) in [6.07, 6.45) is 0.941. The molecule has 0 aliphatic carbocycles. The monoisotopic (exact) mass is 296 g/mol. The van der Waals surface area contributed by atoms with Crippen LogP contribution in [0.3, 0.4) is 0 Å². The summed E-state index contributed by atoms with van der Waals surface area (Å²) >= 11 is 5.89. The van der Waals surface area contributed by atoms with Crippen molar-refractivity contribution in [1.29, 1.82) is 0 Å². The Balaban J connectivity index is 1.77. The molecule has 1 heterocycles. The Morgan fingerprint density at radius 2 is 2.10 bits per heavy atom. The van der Waals surface area contributed by atoms with E-state index >= 15 is 0 Å². The predicted molar refractivity (Wildman–Crippen MR) is 81.1 cm³/mol. The van der Waals surface area contributed by atoms with Gasteiger partial charge in [0.2, 0.25) is 5.91 Å². The number of carbonyl (C=O) groups excluding carboxylic acids is 1. The number of hydrogen-bond donors (Lipinski definition) is 1. The van der Waals surface area contributed by atoms with E-state index in [1.165, 1.54) is 0 Å². The number of halogens is 1. The highest BCUT2D eigenvalue weighted by molar-refractivity contribution is 6.30. The number of hydrogen-bond acceptors (Lipinski definition) is 3. The van der Waals surface area contributed by atoms with Crippen LogP contribution in [0, 0.1) is 0 Å². The average Bonchev–Trinajstić information content (AvgIpc) is 2.35. The molecule has 1 aromatic carbocycles. The molecule has 1 fully saturated rings. The molecule has 1 aromatic rings. The highest BCUT2D eigenvalue weighted by atomic mass is 35.5. The highest BCUT2D eigenvalue weighted by Crippen LogP contribution is 2.15. The number of morpholine rings is 1. The molecule has 2 atom stereocenters. The maximum Gasteiger partial charge on any atom is 0.225 e. The van der Waals surface area contributed by atoms with E-state index in [-0.39, 0.29) is 18.1 Å². The molecule has 20 heavy (non-hydrogen) atoms. The van der Waals surface area contributed by atoms with Crippen molar-refractivity contribution in [3.05, 3.63) is 29.3 Å². The van der Waals surface area contributed by atoms with Gasteiger partial charge in [0.05, 0.1) is 12.2 Å². The largest absolute Gasteiger partial charge is 0.373 e. The molecule has 0 radical (unpaired) electrons. The van der Waals surface area contributed by atoms with Gasteiger partial charge in [-0.25, -0.2) is 0 Å². The van der Waals surface area contributed by atoms with Crippen molar-refractivity contribution < 1.29 is 9.53 Å². The zero-order valence-electron chi connectivity index (χ0n) is 11.9. The second kappa shape index (κ2) is 7.07. The first-order valence-corrected chi connectivity index (χ1v) is 7.34. The minimum absolute atomic E-state index is 0.0130. The van der Waals surface area contributed by atoms with Crippen molar-refractivity contribution in [3.63, 3.8) is 0 Å². The molecule has 110 valence electrons. The summed E-state index contributed by atoms with van der Waals surface area (Å²) in [5.74, 6) is 0.0130. The zero-order valence-corrected chi connectivity index (χ0v) is 12.7. The lowest BCUT2D eigenvalue weighted by Crippen LogP contribution is -2.46. The number of anilines is 1. The van der Waals surface area contributed by atoms with Crippen LogP contribution in [0.1, 0.15) is 20.3 Å². The smallest absolute Gasteiger partial charge is 0.225 e. The van der Waals surface area contributed by atoms with Gasteiger partial charge in [0.1, 0.15) is 0 Å². The SMILES string of the molecule is C[C@@H]1CN(CCC(=O)Nc2cccc(Cl)c2)C[C@@H](C)O1. The Morgan fingerprint density at radius 1 is 1.40 bits per heavy atom. The van der Waals surface area contributed by atoms with Crippen LogP contribution in [0.25, 0.3) is 0 Å². The topological polar surface area (TPSA) is 41.6 Å². The fraction of sp³-hybridized carbons (Fsp3) is 0.533. The first-order valence-electron chi connectivity index (χ1n) is 6.96. The van der Waals surface area contributed by atoms with Crippen molar-refractivity contribution in [2.75, 3.05) is 25.0 Å². The highest BCUT2D eigenvalue weighted by Gasteiger charge is 2.22. The Bertz CT molecular complexity index is 457. The van der Waals surface area contributed by atoms with Gasteiger partial charge in [-0.05, 0) is 32.0 Å². The molecule has 4 nitrogen and oxygen atoms in total. The van der Waals surface area contributed by atoms with Gasteiger partial charge in [-0.2, -0.15) is 0 Å². The predicted octanol–water partition coefficient (Wildman–Crippen LogP) is 2.78. The summed E-state index contributed by atoms with van der Waals surface area (Å²) < 4.78 is 5.68. The Kier molecular flexibility index (Phi) is 5.40. The minimum atomic E-state index is 0.0130. The molecular weight excluding hydrogens is 276 g/mol. The summed E-state index contributed by atoms with van der Waals surface area (Å²) in [6.45, 7) is 6.65. The number of amides is 1. The molecule has 0 aromatic heterocycles. The molecule has 0 bridgehead atoms. The van der Waals surface area contributed by atoms with Gasteiger partial charge >= 0.3 is 0 Å². The summed E-state index contributed by atoms with van der Waals surface area (Å²) in [5.41, 5.74) is 0.742. The van der Waals surface area contributed by atoms with E-state index in [2.05, 4.69) is 24.1 Å². The fourth-order valence-corrected chi connectivity index (χ4v) is 2.71. The lowest BCUT2D eigenvalue weighted by Gasteiger charge is -2.35.